The minimum absolute atomic E-state index is 0.295. The Bertz CT molecular complexity index is 293. The zero-order chi connectivity index (χ0) is 14.2. The lowest BCUT2D eigenvalue weighted by Crippen LogP contribution is -2.25. The van der Waals surface area contributed by atoms with Crippen LogP contribution in [-0.2, 0) is 4.74 Å². The highest BCUT2D eigenvalue weighted by molar-refractivity contribution is 4.87. The molecule has 0 saturated heterocycles. The highest BCUT2D eigenvalue weighted by atomic mass is 16.5. The lowest BCUT2D eigenvalue weighted by atomic mass is 9.80. The Morgan fingerprint density at radius 3 is 2.20 bits per heavy atom. The van der Waals surface area contributed by atoms with Crippen molar-refractivity contribution in [1.29, 1.82) is 5.26 Å². The molecule has 0 atom stereocenters. The number of rotatable bonds is 6. The molecule has 0 N–H and O–H groups in total. The summed E-state index contributed by atoms with van der Waals surface area (Å²) in [5, 5.41) is 8.91. The average molecular weight is 277 g/mol. The summed E-state index contributed by atoms with van der Waals surface area (Å²) in [7, 11) is 0. The standard InChI is InChI=1S/C18H31NO/c1-2-3-4-15-5-7-17(8-6-15)14-20-18-11-9-16(13-19)10-12-18/h15-18H,2-12,14H2,1H3. The third kappa shape index (κ3) is 5.09. The Balaban J connectivity index is 1.56. The number of nitriles is 1. The second-order valence-electron chi connectivity index (χ2n) is 6.97. The predicted octanol–water partition coefficient (Wildman–Crippen LogP) is 5.08. The van der Waals surface area contributed by atoms with Crippen LogP contribution in [0.2, 0.25) is 0 Å². The molecule has 0 bridgehead atoms. The quantitative estimate of drug-likeness (QED) is 0.678. The molecule has 0 radical (unpaired) electrons. The van der Waals surface area contributed by atoms with Crippen LogP contribution in [-0.4, -0.2) is 12.7 Å². The Hall–Kier alpha value is -0.550. The normalized spacial score (nSPS) is 34.6. The van der Waals surface area contributed by atoms with Crippen LogP contribution in [0, 0.1) is 29.1 Å². The number of hydrogen-bond donors (Lipinski definition) is 0. The molecule has 0 aromatic rings. The van der Waals surface area contributed by atoms with Crippen molar-refractivity contribution in [1.82, 2.24) is 0 Å². The van der Waals surface area contributed by atoms with E-state index in [1.54, 1.807) is 0 Å². The van der Waals surface area contributed by atoms with Crippen LogP contribution in [0.1, 0.15) is 77.6 Å². The summed E-state index contributed by atoms with van der Waals surface area (Å²) >= 11 is 0. The summed E-state index contributed by atoms with van der Waals surface area (Å²) in [5.74, 6) is 2.10. The van der Waals surface area contributed by atoms with Gasteiger partial charge < -0.3 is 4.74 Å². The Morgan fingerprint density at radius 1 is 0.950 bits per heavy atom. The average Bonchev–Trinajstić information content (AvgIpc) is 2.52. The van der Waals surface area contributed by atoms with Crippen molar-refractivity contribution in [3.63, 3.8) is 0 Å². The van der Waals surface area contributed by atoms with E-state index < -0.39 is 0 Å². The van der Waals surface area contributed by atoms with Crippen LogP contribution in [0.3, 0.4) is 0 Å². The first kappa shape index (κ1) is 15.8. The summed E-state index contributed by atoms with van der Waals surface area (Å²) < 4.78 is 6.12. The van der Waals surface area contributed by atoms with Gasteiger partial charge in [-0.1, -0.05) is 39.0 Å². The smallest absolute Gasteiger partial charge is 0.0655 e. The van der Waals surface area contributed by atoms with Crippen LogP contribution in [0.15, 0.2) is 0 Å². The minimum Gasteiger partial charge on any atom is -0.378 e. The van der Waals surface area contributed by atoms with Gasteiger partial charge in [0.1, 0.15) is 0 Å². The van der Waals surface area contributed by atoms with Gasteiger partial charge in [0.15, 0.2) is 0 Å². The van der Waals surface area contributed by atoms with Crippen molar-refractivity contribution >= 4 is 0 Å². The van der Waals surface area contributed by atoms with Crippen LogP contribution in [0.4, 0.5) is 0 Å². The molecule has 2 nitrogen and oxygen atoms in total. The van der Waals surface area contributed by atoms with E-state index in [9.17, 15) is 0 Å². The molecule has 2 heteroatoms. The molecule has 0 amide bonds. The van der Waals surface area contributed by atoms with Crippen LogP contribution in [0.25, 0.3) is 0 Å². The van der Waals surface area contributed by atoms with Crippen LogP contribution in [0.5, 0.6) is 0 Å². The molecule has 2 saturated carbocycles. The maximum Gasteiger partial charge on any atom is 0.0655 e. The Morgan fingerprint density at radius 2 is 1.60 bits per heavy atom. The maximum atomic E-state index is 8.91. The first-order valence-electron chi connectivity index (χ1n) is 8.83. The molecule has 2 fully saturated rings. The largest absolute Gasteiger partial charge is 0.378 e. The predicted molar refractivity (Wildman–Crippen MR) is 82.3 cm³/mol. The van der Waals surface area contributed by atoms with E-state index in [2.05, 4.69) is 13.0 Å². The second-order valence-corrected chi connectivity index (χ2v) is 6.97. The minimum atomic E-state index is 0.295. The lowest BCUT2D eigenvalue weighted by molar-refractivity contribution is -0.00619. The monoisotopic (exact) mass is 277 g/mol. The molecule has 0 spiro atoms. The van der Waals surface area contributed by atoms with E-state index in [1.807, 2.05) is 0 Å². The van der Waals surface area contributed by atoms with Gasteiger partial charge in [-0.25, -0.2) is 0 Å². The third-order valence-electron chi connectivity index (χ3n) is 5.36. The topological polar surface area (TPSA) is 33.0 Å². The van der Waals surface area contributed by atoms with E-state index in [-0.39, 0.29) is 0 Å². The summed E-state index contributed by atoms with van der Waals surface area (Å²) in [6.07, 6.45) is 14.5. The molecular formula is C18H31NO. The lowest BCUT2D eigenvalue weighted by Gasteiger charge is -2.31. The summed E-state index contributed by atoms with van der Waals surface area (Å²) in [6, 6.07) is 2.40. The summed E-state index contributed by atoms with van der Waals surface area (Å²) in [5.41, 5.74) is 0. The summed E-state index contributed by atoms with van der Waals surface area (Å²) in [4.78, 5) is 0. The van der Waals surface area contributed by atoms with Gasteiger partial charge >= 0.3 is 0 Å². The van der Waals surface area contributed by atoms with Crippen molar-refractivity contribution in [3.8, 4) is 6.07 Å². The van der Waals surface area contributed by atoms with Gasteiger partial charge in [0.05, 0.1) is 12.2 Å². The van der Waals surface area contributed by atoms with Gasteiger partial charge in [-0.15, -0.1) is 0 Å². The van der Waals surface area contributed by atoms with Crippen molar-refractivity contribution in [3.05, 3.63) is 0 Å². The molecule has 0 aromatic heterocycles. The third-order valence-corrected chi connectivity index (χ3v) is 5.36. The Labute approximate surface area is 124 Å². The van der Waals surface area contributed by atoms with Gasteiger partial charge in [-0.05, 0) is 50.4 Å². The first-order valence-corrected chi connectivity index (χ1v) is 8.83. The number of nitrogens with zero attached hydrogens (tertiary/aromatic N) is 1. The number of unbranched alkanes of at least 4 members (excludes halogenated alkanes) is 1. The maximum absolute atomic E-state index is 8.91. The molecule has 20 heavy (non-hydrogen) atoms. The molecular weight excluding hydrogens is 246 g/mol. The van der Waals surface area contributed by atoms with E-state index in [4.69, 9.17) is 10.00 Å². The highest BCUT2D eigenvalue weighted by Gasteiger charge is 2.24. The van der Waals surface area contributed by atoms with E-state index in [1.165, 1.54) is 44.9 Å². The van der Waals surface area contributed by atoms with Gasteiger partial charge in [-0.2, -0.15) is 5.26 Å². The molecule has 2 aliphatic carbocycles. The fourth-order valence-electron chi connectivity index (χ4n) is 3.81. The molecule has 0 aromatic carbocycles. The van der Waals surface area contributed by atoms with Gasteiger partial charge in [0.2, 0.25) is 0 Å². The zero-order valence-electron chi connectivity index (χ0n) is 13.2. The van der Waals surface area contributed by atoms with Gasteiger partial charge in [0.25, 0.3) is 0 Å². The molecule has 2 rings (SSSR count). The molecule has 0 heterocycles. The fraction of sp³-hybridized carbons (Fsp3) is 0.944. The molecule has 0 unspecified atom stereocenters. The molecule has 2 aliphatic rings. The van der Waals surface area contributed by atoms with Crippen molar-refractivity contribution in [2.45, 2.75) is 83.7 Å². The van der Waals surface area contributed by atoms with Crippen LogP contribution >= 0.6 is 0 Å². The van der Waals surface area contributed by atoms with Crippen molar-refractivity contribution in [2.75, 3.05) is 6.61 Å². The zero-order valence-corrected chi connectivity index (χ0v) is 13.2. The van der Waals surface area contributed by atoms with Crippen molar-refractivity contribution in [2.24, 2.45) is 17.8 Å². The number of ether oxygens (including phenoxy) is 1. The summed E-state index contributed by atoms with van der Waals surface area (Å²) in [6.45, 7) is 3.27. The van der Waals surface area contributed by atoms with Crippen molar-refractivity contribution < 1.29 is 4.74 Å². The van der Waals surface area contributed by atoms with E-state index in [0.717, 1.165) is 44.1 Å². The van der Waals surface area contributed by atoms with Gasteiger partial charge in [0, 0.05) is 12.5 Å². The number of hydrogen-bond acceptors (Lipinski definition) is 2. The second kappa shape index (κ2) is 8.67. The van der Waals surface area contributed by atoms with E-state index in [0.29, 0.717) is 12.0 Å². The molecule has 0 aliphatic heterocycles. The Kier molecular flexibility index (Phi) is 6.87. The van der Waals surface area contributed by atoms with Gasteiger partial charge in [-0.3, -0.25) is 0 Å². The fourth-order valence-corrected chi connectivity index (χ4v) is 3.81. The highest BCUT2D eigenvalue weighted by Crippen LogP contribution is 2.33. The van der Waals surface area contributed by atoms with Crippen LogP contribution < -0.4 is 0 Å². The molecule has 114 valence electrons. The SMILES string of the molecule is CCCCC1CCC(COC2CCC(C#N)CC2)CC1. The van der Waals surface area contributed by atoms with E-state index >= 15 is 0 Å². The first-order chi connectivity index (χ1) is 9.81.